The minimum atomic E-state index is -1.03. The number of hydrogen-bond acceptors (Lipinski definition) is 7. The first-order chi connectivity index (χ1) is 16.4. The van der Waals surface area contributed by atoms with Gasteiger partial charge in [0, 0.05) is 6.07 Å². The number of carbonyl (C=O) groups excluding carboxylic acids is 2. The number of hydrogen-bond donors (Lipinski definition) is 2. The van der Waals surface area contributed by atoms with E-state index in [1.165, 1.54) is 19.2 Å². The highest BCUT2D eigenvalue weighted by Crippen LogP contribution is 2.42. The summed E-state index contributed by atoms with van der Waals surface area (Å²) in [5.41, 5.74) is 0.910. The van der Waals surface area contributed by atoms with Gasteiger partial charge in [-0.15, -0.1) is 0 Å². The Labute approximate surface area is 197 Å². The summed E-state index contributed by atoms with van der Waals surface area (Å²) < 4.78 is 16.3. The first kappa shape index (κ1) is 24.6. The monoisotopic (exact) mass is 469 g/mol. The normalized spacial score (nSPS) is 15.3. The van der Waals surface area contributed by atoms with Crippen molar-refractivity contribution < 1.29 is 28.7 Å². The molecule has 2 aromatic rings. The van der Waals surface area contributed by atoms with Gasteiger partial charge in [-0.05, 0) is 30.5 Å². The lowest BCUT2D eigenvalue weighted by atomic mass is 9.92. The van der Waals surface area contributed by atoms with E-state index >= 15 is 0 Å². The highest BCUT2D eigenvalue weighted by atomic mass is 16.6. The molecule has 0 saturated carbocycles. The number of nitro benzene ring substituents is 1. The van der Waals surface area contributed by atoms with Gasteiger partial charge in [0.1, 0.15) is 0 Å². The van der Waals surface area contributed by atoms with Crippen LogP contribution in [0.25, 0.3) is 5.70 Å². The molecule has 10 heteroatoms. The third-order valence-electron chi connectivity index (χ3n) is 5.18. The second kappa shape index (κ2) is 11.2. The number of rotatable bonds is 10. The van der Waals surface area contributed by atoms with Crippen LogP contribution in [-0.2, 0) is 9.53 Å². The molecule has 0 fully saturated rings. The molecule has 1 heterocycles. The number of urea groups is 1. The number of nitro groups is 1. The zero-order valence-corrected chi connectivity index (χ0v) is 19.3. The van der Waals surface area contributed by atoms with E-state index in [1.807, 2.05) is 6.92 Å². The van der Waals surface area contributed by atoms with Crippen molar-refractivity contribution in [3.8, 4) is 11.5 Å². The van der Waals surface area contributed by atoms with E-state index in [4.69, 9.17) is 14.2 Å². The number of nitrogens with zero attached hydrogens (tertiary/aromatic N) is 1. The number of unbranched alkanes of at least 4 members (excludes halogenated alkanes) is 1. The number of amides is 2. The quantitative estimate of drug-likeness (QED) is 0.232. The van der Waals surface area contributed by atoms with Crippen molar-refractivity contribution in [3.05, 3.63) is 69.3 Å². The molecular formula is C24H27N3O7. The largest absolute Gasteiger partial charge is 0.493 e. The topological polar surface area (TPSA) is 129 Å². The standard InChI is InChI=1S/C24H27N3O7/c1-4-6-12-34-22-17(27(30)31)13-16(14-18(22)32-3)21-19(23(28)33-5-2)20(25-24(29)26-21)15-10-8-7-9-11-15/h7-11,13-14,21H,4-6,12H2,1-3H3,(H2,25,26,29). The van der Waals surface area contributed by atoms with Gasteiger partial charge in [0.15, 0.2) is 5.75 Å². The zero-order chi connectivity index (χ0) is 24.7. The molecule has 2 aromatic carbocycles. The molecular weight excluding hydrogens is 442 g/mol. The summed E-state index contributed by atoms with van der Waals surface area (Å²) in [6.45, 7) is 4.04. The van der Waals surface area contributed by atoms with Crippen molar-refractivity contribution in [1.82, 2.24) is 10.6 Å². The summed E-state index contributed by atoms with van der Waals surface area (Å²) in [6, 6.07) is 10.0. The molecule has 0 aromatic heterocycles. The smallest absolute Gasteiger partial charge is 0.338 e. The number of carbonyl (C=O) groups is 2. The van der Waals surface area contributed by atoms with Crippen molar-refractivity contribution >= 4 is 23.4 Å². The summed E-state index contributed by atoms with van der Waals surface area (Å²) in [5, 5.41) is 17.2. The van der Waals surface area contributed by atoms with E-state index in [0.29, 0.717) is 12.0 Å². The van der Waals surface area contributed by atoms with E-state index in [-0.39, 0.29) is 47.2 Å². The maximum absolute atomic E-state index is 13.0. The third kappa shape index (κ3) is 5.28. The summed E-state index contributed by atoms with van der Waals surface area (Å²) in [5.74, 6) is -0.545. The summed E-state index contributed by atoms with van der Waals surface area (Å²) in [7, 11) is 1.37. The van der Waals surface area contributed by atoms with Crippen molar-refractivity contribution in [2.45, 2.75) is 32.7 Å². The minimum absolute atomic E-state index is 0.00471. The molecule has 1 aliphatic rings. The summed E-state index contributed by atoms with van der Waals surface area (Å²) in [4.78, 5) is 36.9. The van der Waals surface area contributed by atoms with Crippen LogP contribution in [0.3, 0.4) is 0 Å². The molecule has 10 nitrogen and oxygen atoms in total. The van der Waals surface area contributed by atoms with Gasteiger partial charge in [0.05, 0.1) is 42.6 Å². The van der Waals surface area contributed by atoms with Crippen molar-refractivity contribution in [2.24, 2.45) is 0 Å². The number of nitrogens with one attached hydrogen (secondary N) is 2. The van der Waals surface area contributed by atoms with Crippen LogP contribution < -0.4 is 20.1 Å². The molecule has 3 rings (SSSR count). The van der Waals surface area contributed by atoms with Crippen LogP contribution in [0.4, 0.5) is 10.5 Å². The maximum atomic E-state index is 13.0. The van der Waals surface area contributed by atoms with Gasteiger partial charge in [-0.3, -0.25) is 10.1 Å². The second-order valence-electron chi connectivity index (χ2n) is 7.44. The Morgan fingerprint density at radius 2 is 1.91 bits per heavy atom. The van der Waals surface area contributed by atoms with Crippen LogP contribution >= 0.6 is 0 Å². The average molecular weight is 469 g/mol. The Balaban J connectivity index is 2.20. The first-order valence-corrected chi connectivity index (χ1v) is 10.9. The number of esters is 1. The van der Waals surface area contributed by atoms with Crippen LogP contribution in [-0.4, -0.2) is 37.2 Å². The van der Waals surface area contributed by atoms with E-state index in [0.717, 1.165) is 6.42 Å². The van der Waals surface area contributed by atoms with Gasteiger partial charge >= 0.3 is 17.7 Å². The molecule has 2 N–H and O–H groups in total. The molecule has 0 radical (unpaired) electrons. The summed E-state index contributed by atoms with van der Waals surface area (Å²) in [6.07, 6.45) is 1.56. The van der Waals surface area contributed by atoms with Crippen LogP contribution in [0.5, 0.6) is 11.5 Å². The highest BCUT2D eigenvalue weighted by molar-refractivity contribution is 6.04. The molecule has 0 saturated heterocycles. The fraction of sp³-hybridized carbons (Fsp3) is 0.333. The van der Waals surface area contributed by atoms with Gasteiger partial charge in [0.2, 0.25) is 5.75 Å². The zero-order valence-electron chi connectivity index (χ0n) is 19.3. The van der Waals surface area contributed by atoms with Crippen LogP contribution in [0.1, 0.15) is 43.9 Å². The fourth-order valence-corrected chi connectivity index (χ4v) is 3.60. The molecule has 34 heavy (non-hydrogen) atoms. The Morgan fingerprint density at radius 1 is 1.18 bits per heavy atom. The molecule has 180 valence electrons. The lowest BCUT2D eigenvalue weighted by molar-refractivity contribution is -0.386. The molecule has 2 amide bonds. The lowest BCUT2D eigenvalue weighted by Gasteiger charge is -2.29. The van der Waals surface area contributed by atoms with E-state index < -0.39 is 23.0 Å². The third-order valence-corrected chi connectivity index (χ3v) is 5.18. The van der Waals surface area contributed by atoms with Gasteiger partial charge in [0.25, 0.3) is 0 Å². The molecule has 1 atom stereocenters. The first-order valence-electron chi connectivity index (χ1n) is 10.9. The molecule has 1 unspecified atom stereocenters. The molecule has 0 aliphatic carbocycles. The van der Waals surface area contributed by atoms with Gasteiger partial charge in [-0.2, -0.15) is 0 Å². The number of benzene rings is 2. The molecule has 0 bridgehead atoms. The lowest BCUT2D eigenvalue weighted by Crippen LogP contribution is -2.45. The summed E-state index contributed by atoms with van der Waals surface area (Å²) >= 11 is 0. The van der Waals surface area contributed by atoms with Crippen LogP contribution in [0, 0.1) is 10.1 Å². The Kier molecular flexibility index (Phi) is 8.07. The predicted molar refractivity (Wildman–Crippen MR) is 124 cm³/mol. The van der Waals surface area contributed by atoms with Gasteiger partial charge < -0.3 is 24.8 Å². The number of ether oxygens (including phenoxy) is 3. The van der Waals surface area contributed by atoms with Crippen LogP contribution in [0.15, 0.2) is 48.0 Å². The Hall–Kier alpha value is -4.08. The maximum Gasteiger partial charge on any atom is 0.338 e. The Bertz CT molecular complexity index is 1100. The van der Waals surface area contributed by atoms with Crippen molar-refractivity contribution in [1.29, 1.82) is 0 Å². The van der Waals surface area contributed by atoms with Gasteiger partial charge in [-0.1, -0.05) is 43.7 Å². The van der Waals surface area contributed by atoms with Crippen molar-refractivity contribution in [3.63, 3.8) is 0 Å². The second-order valence-corrected chi connectivity index (χ2v) is 7.44. The van der Waals surface area contributed by atoms with E-state index in [2.05, 4.69) is 10.6 Å². The van der Waals surface area contributed by atoms with Gasteiger partial charge in [-0.25, -0.2) is 9.59 Å². The fourth-order valence-electron chi connectivity index (χ4n) is 3.60. The highest BCUT2D eigenvalue weighted by Gasteiger charge is 2.36. The van der Waals surface area contributed by atoms with Crippen LogP contribution in [0.2, 0.25) is 0 Å². The average Bonchev–Trinajstić information content (AvgIpc) is 2.84. The van der Waals surface area contributed by atoms with E-state index in [9.17, 15) is 19.7 Å². The molecule has 0 spiro atoms. The number of methoxy groups -OCH3 is 1. The molecule has 1 aliphatic heterocycles. The minimum Gasteiger partial charge on any atom is -0.493 e. The van der Waals surface area contributed by atoms with E-state index in [1.54, 1.807) is 37.3 Å². The van der Waals surface area contributed by atoms with Crippen molar-refractivity contribution in [2.75, 3.05) is 20.3 Å². The predicted octanol–water partition coefficient (Wildman–Crippen LogP) is 4.11. The SMILES string of the molecule is CCCCOc1c(OC)cc(C2NC(=O)NC(c3ccccc3)=C2C(=O)OCC)cc1[N+](=O)[O-]. The Morgan fingerprint density at radius 3 is 2.53 bits per heavy atom.